The minimum atomic E-state index is -0.946. The normalized spacial score (nSPS) is 13.9. The number of carbonyl (C=O) groups excluding carboxylic acids is 2. The van der Waals surface area contributed by atoms with E-state index in [0.717, 1.165) is 12.0 Å². The third kappa shape index (κ3) is 3.00. The van der Waals surface area contributed by atoms with Gasteiger partial charge in [0.15, 0.2) is 0 Å². The second-order valence-electron chi connectivity index (χ2n) is 3.94. The summed E-state index contributed by atoms with van der Waals surface area (Å²) in [5, 5.41) is 2.48. The van der Waals surface area contributed by atoms with E-state index in [0.29, 0.717) is 6.54 Å². The number of aryl methyl sites for hydroxylation is 1. The number of nitrogens with two attached hydrogens (primary N) is 1. The number of hydrogen-bond acceptors (Lipinski definition) is 3. The lowest BCUT2D eigenvalue weighted by molar-refractivity contribution is -0.137. The van der Waals surface area contributed by atoms with Crippen molar-refractivity contribution in [1.82, 2.24) is 5.32 Å². The van der Waals surface area contributed by atoms with E-state index in [2.05, 4.69) is 17.4 Å². The molecule has 5 heteroatoms. The molecule has 0 unspecified atom stereocenters. The molecule has 90 valence electrons. The number of primary amides is 1. The predicted molar refractivity (Wildman–Crippen MR) is 66.5 cm³/mol. The first-order chi connectivity index (χ1) is 8.16. The van der Waals surface area contributed by atoms with E-state index < -0.39 is 11.8 Å². The number of carbonyl (C=O) groups is 2. The molecule has 1 aliphatic rings. The van der Waals surface area contributed by atoms with Crippen molar-refractivity contribution in [2.24, 2.45) is 5.73 Å². The summed E-state index contributed by atoms with van der Waals surface area (Å²) in [5.74, 6) is -0.513. The Bertz CT molecular complexity index is 460. The van der Waals surface area contributed by atoms with Gasteiger partial charge in [-0.15, -0.1) is 11.8 Å². The maximum absolute atomic E-state index is 11.0. The lowest BCUT2D eigenvalue weighted by Gasteiger charge is -2.16. The number of hydrogen-bond donors (Lipinski definition) is 2. The molecule has 2 rings (SSSR count). The Morgan fingerprint density at radius 3 is 3.00 bits per heavy atom. The highest BCUT2D eigenvalue weighted by Gasteiger charge is 2.11. The van der Waals surface area contributed by atoms with E-state index in [-0.39, 0.29) is 0 Å². The van der Waals surface area contributed by atoms with Crippen LogP contribution >= 0.6 is 11.8 Å². The van der Waals surface area contributed by atoms with Crippen LogP contribution < -0.4 is 11.1 Å². The number of benzene rings is 1. The van der Waals surface area contributed by atoms with Gasteiger partial charge in [-0.25, -0.2) is 0 Å². The Hall–Kier alpha value is -1.49. The van der Waals surface area contributed by atoms with E-state index in [1.807, 2.05) is 17.8 Å². The zero-order chi connectivity index (χ0) is 12.3. The third-order valence-corrected chi connectivity index (χ3v) is 3.85. The number of fused-ring (bicyclic) bond motifs is 1. The van der Waals surface area contributed by atoms with Gasteiger partial charge >= 0.3 is 11.8 Å². The monoisotopic (exact) mass is 250 g/mol. The number of amides is 2. The summed E-state index contributed by atoms with van der Waals surface area (Å²) >= 11 is 1.87. The summed E-state index contributed by atoms with van der Waals surface area (Å²) in [7, 11) is 0. The standard InChI is InChI=1S/C12H14N2O2S/c13-11(15)12(16)14-7-8-3-4-10-9(6-8)2-1-5-17-10/h3-4,6H,1-2,5,7H2,(H2,13,15)(H,14,16). The van der Waals surface area contributed by atoms with Gasteiger partial charge < -0.3 is 11.1 Å². The van der Waals surface area contributed by atoms with Crippen LogP contribution in [0.3, 0.4) is 0 Å². The Morgan fingerprint density at radius 1 is 1.41 bits per heavy atom. The van der Waals surface area contributed by atoms with Gasteiger partial charge in [0.25, 0.3) is 0 Å². The minimum Gasteiger partial charge on any atom is -0.361 e. The fraction of sp³-hybridized carbons (Fsp3) is 0.333. The molecule has 0 aliphatic carbocycles. The summed E-state index contributed by atoms with van der Waals surface area (Å²) in [6.45, 7) is 0.347. The van der Waals surface area contributed by atoms with Gasteiger partial charge in [0.1, 0.15) is 0 Å². The molecule has 1 aromatic carbocycles. The van der Waals surface area contributed by atoms with Crippen molar-refractivity contribution >= 4 is 23.6 Å². The summed E-state index contributed by atoms with van der Waals surface area (Å²) in [5.41, 5.74) is 7.18. The van der Waals surface area contributed by atoms with Gasteiger partial charge in [0.2, 0.25) is 0 Å². The summed E-state index contributed by atoms with van der Waals surface area (Å²) in [6, 6.07) is 6.13. The van der Waals surface area contributed by atoms with Crippen molar-refractivity contribution < 1.29 is 9.59 Å². The van der Waals surface area contributed by atoms with E-state index in [4.69, 9.17) is 5.73 Å². The van der Waals surface area contributed by atoms with Crippen LogP contribution in [0.2, 0.25) is 0 Å². The molecule has 17 heavy (non-hydrogen) atoms. The molecule has 3 N–H and O–H groups in total. The smallest absolute Gasteiger partial charge is 0.309 e. The fourth-order valence-corrected chi connectivity index (χ4v) is 2.81. The van der Waals surface area contributed by atoms with Crippen molar-refractivity contribution in [2.75, 3.05) is 5.75 Å². The number of nitrogens with one attached hydrogen (secondary N) is 1. The van der Waals surface area contributed by atoms with Crippen LogP contribution in [0.5, 0.6) is 0 Å². The highest BCUT2D eigenvalue weighted by Crippen LogP contribution is 2.30. The highest BCUT2D eigenvalue weighted by molar-refractivity contribution is 7.99. The van der Waals surface area contributed by atoms with Crippen LogP contribution in [0.15, 0.2) is 23.1 Å². The van der Waals surface area contributed by atoms with Crippen LogP contribution in [0.1, 0.15) is 17.5 Å². The van der Waals surface area contributed by atoms with Crippen LogP contribution in [0.25, 0.3) is 0 Å². The number of rotatable bonds is 2. The molecule has 0 fully saturated rings. The van der Waals surface area contributed by atoms with E-state index >= 15 is 0 Å². The average Bonchev–Trinajstić information content (AvgIpc) is 2.35. The van der Waals surface area contributed by atoms with Gasteiger partial charge in [0, 0.05) is 11.4 Å². The molecule has 1 aliphatic heterocycles. The molecule has 0 saturated heterocycles. The van der Waals surface area contributed by atoms with Crippen molar-refractivity contribution in [3.05, 3.63) is 29.3 Å². The van der Waals surface area contributed by atoms with Crippen molar-refractivity contribution in [3.63, 3.8) is 0 Å². The second kappa shape index (κ2) is 5.23. The highest BCUT2D eigenvalue weighted by atomic mass is 32.2. The molecule has 0 spiro atoms. The molecule has 0 radical (unpaired) electrons. The second-order valence-corrected chi connectivity index (χ2v) is 5.08. The minimum absolute atomic E-state index is 0.347. The predicted octanol–water partition coefficient (Wildman–Crippen LogP) is 0.826. The molecular formula is C12H14N2O2S. The molecule has 0 atom stereocenters. The van der Waals surface area contributed by atoms with Gasteiger partial charge in [-0.1, -0.05) is 12.1 Å². The Morgan fingerprint density at radius 2 is 2.24 bits per heavy atom. The maximum Gasteiger partial charge on any atom is 0.309 e. The number of thioether (sulfide) groups is 1. The average molecular weight is 250 g/mol. The molecule has 0 saturated carbocycles. The molecule has 4 nitrogen and oxygen atoms in total. The van der Waals surface area contributed by atoms with Crippen molar-refractivity contribution in [1.29, 1.82) is 0 Å². The largest absolute Gasteiger partial charge is 0.361 e. The fourth-order valence-electron chi connectivity index (χ4n) is 1.79. The zero-order valence-corrected chi connectivity index (χ0v) is 10.2. The summed E-state index contributed by atoms with van der Waals surface area (Å²) in [6.07, 6.45) is 2.27. The maximum atomic E-state index is 11.0. The molecule has 0 bridgehead atoms. The SMILES string of the molecule is NC(=O)C(=O)NCc1ccc2c(c1)CCCS2. The van der Waals surface area contributed by atoms with Gasteiger partial charge in [0.05, 0.1) is 0 Å². The van der Waals surface area contributed by atoms with Crippen molar-refractivity contribution in [3.8, 4) is 0 Å². The van der Waals surface area contributed by atoms with E-state index in [1.54, 1.807) is 0 Å². The van der Waals surface area contributed by atoms with Crippen LogP contribution in [0.4, 0.5) is 0 Å². The topological polar surface area (TPSA) is 72.2 Å². The summed E-state index contributed by atoms with van der Waals surface area (Å²) < 4.78 is 0. The Kier molecular flexibility index (Phi) is 3.68. The molecular weight excluding hydrogens is 236 g/mol. The molecule has 1 heterocycles. The first kappa shape index (κ1) is 12.0. The third-order valence-electron chi connectivity index (χ3n) is 2.65. The van der Waals surface area contributed by atoms with Crippen molar-refractivity contribution in [2.45, 2.75) is 24.3 Å². The first-order valence-electron chi connectivity index (χ1n) is 5.49. The van der Waals surface area contributed by atoms with E-state index in [1.165, 1.54) is 22.6 Å². The molecule has 2 amide bonds. The van der Waals surface area contributed by atoms with Gasteiger partial charge in [-0.2, -0.15) is 0 Å². The lowest BCUT2D eigenvalue weighted by atomic mass is 10.1. The van der Waals surface area contributed by atoms with E-state index in [9.17, 15) is 9.59 Å². The quantitative estimate of drug-likeness (QED) is 0.763. The lowest BCUT2D eigenvalue weighted by Crippen LogP contribution is -2.35. The zero-order valence-electron chi connectivity index (χ0n) is 9.36. The van der Waals surface area contributed by atoms with Gasteiger partial charge in [-0.05, 0) is 35.8 Å². The molecule has 1 aromatic rings. The Labute approximate surface area is 104 Å². The van der Waals surface area contributed by atoms with Crippen LogP contribution in [-0.2, 0) is 22.6 Å². The van der Waals surface area contributed by atoms with Gasteiger partial charge in [-0.3, -0.25) is 9.59 Å². The first-order valence-corrected chi connectivity index (χ1v) is 6.47. The molecule has 0 aromatic heterocycles. The van der Waals surface area contributed by atoms with Crippen LogP contribution in [-0.4, -0.2) is 17.6 Å². The Balaban J connectivity index is 2.02. The van der Waals surface area contributed by atoms with Crippen LogP contribution in [0, 0.1) is 0 Å². The summed E-state index contributed by atoms with van der Waals surface area (Å²) in [4.78, 5) is 22.9.